The molecule has 0 radical (unpaired) electrons. The van der Waals surface area contributed by atoms with Gasteiger partial charge in [0.1, 0.15) is 11.4 Å². The fraction of sp³-hybridized carbons (Fsp3) is 0.217. The molecule has 4 rings (SSSR count). The Morgan fingerprint density at radius 2 is 1.86 bits per heavy atom. The monoisotopic (exact) mass is 373 g/mol. The van der Waals surface area contributed by atoms with Gasteiger partial charge in [0.05, 0.1) is 18.0 Å². The van der Waals surface area contributed by atoms with Crippen molar-refractivity contribution < 1.29 is 9.53 Å². The molecule has 28 heavy (non-hydrogen) atoms. The fourth-order valence-corrected chi connectivity index (χ4v) is 3.37. The average Bonchev–Trinajstić information content (AvgIpc) is 3.13. The molecule has 3 aromatic rings. The van der Waals surface area contributed by atoms with Gasteiger partial charge in [0.2, 0.25) is 0 Å². The third kappa shape index (κ3) is 3.83. The number of ether oxygens (including phenoxy) is 1. The van der Waals surface area contributed by atoms with Crippen molar-refractivity contribution in [2.24, 2.45) is 0 Å². The number of nitrogens with one attached hydrogen (secondary N) is 1. The van der Waals surface area contributed by atoms with Gasteiger partial charge in [0.15, 0.2) is 0 Å². The van der Waals surface area contributed by atoms with Crippen LogP contribution in [0.15, 0.2) is 66.9 Å². The van der Waals surface area contributed by atoms with Crippen molar-refractivity contribution in [3.63, 3.8) is 0 Å². The van der Waals surface area contributed by atoms with Gasteiger partial charge >= 0.3 is 0 Å². The average molecular weight is 373 g/mol. The van der Waals surface area contributed by atoms with Crippen molar-refractivity contribution in [1.82, 2.24) is 4.98 Å². The van der Waals surface area contributed by atoms with E-state index in [4.69, 9.17) is 4.74 Å². The molecule has 5 nitrogen and oxygen atoms in total. The number of benzene rings is 2. The summed E-state index contributed by atoms with van der Waals surface area (Å²) in [4.78, 5) is 19.1. The zero-order valence-electron chi connectivity index (χ0n) is 16.1. The number of fused-ring (bicyclic) bond motifs is 1. The number of carbonyl (C=O) groups excluding carboxylic acids is 1. The highest BCUT2D eigenvalue weighted by Gasteiger charge is 2.20. The molecule has 1 N–H and O–H groups in total. The molecule has 0 spiro atoms. The van der Waals surface area contributed by atoms with Gasteiger partial charge in [0, 0.05) is 17.9 Å². The van der Waals surface area contributed by atoms with Crippen molar-refractivity contribution in [2.75, 3.05) is 16.8 Å². The lowest BCUT2D eigenvalue weighted by Crippen LogP contribution is -2.16. The number of hydrogen-bond donors (Lipinski definition) is 1. The molecular formula is C23H23N3O2. The first-order chi connectivity index (χ1) is 13.6. The van der Waals surface area contributed by atoms with Crippen LogP contribution in [-0.2, 0) is 6.42 Å². The van der Waals surface area contributed by atoms with E-state index in [1.54, 1.807) is 12.3 Å². The van der Waals surface area contributed by atoms with Crippen LogP contribution >= 0.6 is 0 Å². The predicted octanol–water partition coefficient (Wildman–Crippen LogP) is 4.82. The van der Waals surface area contributed by atoms with Crippen LogP contribution < -0.4 is 15.0 Å². The van der Waals surface area contributed by atoms with Crippen LogP contribution in [0.5, 0.6) is 5.75 Å². The maximum absolute atomic E-state index is 12.5. The number of para-hydroxylation sites is 1. The molecule has 0 fully saturated rings. The molecule has 142 valence electrons. The van der Waals surface area contributed by atoms with E-state index in [1.165, 1.54) is 11.3 Å². The molecule has 0 aliphatic carbocycles. The zero-order valence-corrected chi connectivity index (χ0v) is 16.1. The van der Waals surface area contributed by atoms with Crippen molar-refractivity contribution in [1.29, 1.82) is 0 Å². The molecular weight excluding hydrogens is 350 g/mol. The summed E-state index contributed by atoms with van der Waals surface area (Å²) in [7, 11) is 0. The smallest absolute Gasteiger partial charge is 0.274 e. The Bertz CT molecular complexity index is 966. The van der Waals surface area contributed by atoms with Gasteiger partial charge in [-0.15, -0.1) is 0 Å². The van der Waals surface area contributed by atoms with Crippen molar-refractivity contribution in [2.45, 2.75) is 26.4 Å². The second-order valence-corrected chi connectivity index (χ2v) is 7.08. The Hall–Kier alpha value is -3.34. The van der Waals surface area contributed by atoms with Gasteiger partial charge in [0.25, 0.3) is 5.91 Å². The van der Waals surface area contributed by atoms with E-state index in [0.29, 0.717) is 11.4 Å². The summed E-state index contributed by atoms with van der Waals surface area (Å²) in [5.74, 6) is 0.548. The van der Waals surface area contributed by atoms with E-state index in [1.807, 2.05) is 50.2 Å². The Kier molecular flexibility index (Phi) is 4.98. The van der Waals surface area contributed by atoms with E-state index in [2.05, 4.69) is 33.4 Å². The number of hydrogen-bond acceptors (Lipinski definition) is 4. The van der Waals surface area contributed by atoms with Gasteiger partial charge in [-0.1, -0.05) is 18.2 Å². The summed E-state index contributed by atoms with van der Waals surface area (Å²) in [6, 6.07) is 19.4. The summed E-state index contributed by atoms with van der Waals surface area (Å²) in [5, 5.41) is 2.87. The van der Waals surface area contributed by atoms with Crippen LogP contribution in [-0.4, -0.2) is 23.5 Å². The highest BCUT2D eigenvalue weighted by molar-refractivity contribution is 6.03. The lowest BCUT2D eigenvalue weighted by atomic mass is 10.2. The van der Waals surface area contributed by atoms with E-state index < -0.39 is 0 Å². The maximum Gasteiger partial charge on any atom is 0.274 e. The number of carbonyl (C=O) groups is 1. The number of nitrogens with zero attached hydrogens (tertiary/aromatic N) is 2. The molecule has 1 aromatic heterocycles. The van der Waals surface area contributed by atoms with Crippen LogP contribution in [0.25, 0.3) is 0 Å². The number of rotatable bonds is 5. The van der Waals surface area contributed by atoms with Gasteiger partial charge in [-0.25, -0.2) is 4.98 Å². The second-order valence-electron chi connectivity index (χ2n) is 7.08. The molecule has 2 heterocycles. The normalized spacial score (nSPS) is 12.8. The molecule has 1 amide bonds. The second kappa shape index (κ2) is 7.72. The minimum atomic E-state index is -0.231. The summed E-state index contributed by atoms with van der Waals surface area (Å²) in [6.45, 7) is 4.88. The SMILES string of the molecule is CC(C)Oc1ccc(NC(=O)c2ccc(N3CCc4ccccc43)cn2)cc1. The van der Waals surface area contributed by atoms with Crippen molar-refractivity contribution >= 4 is 23.0 Å². The van der Waals surface area contributed by atoms with Crippen LogP contribution in [0.1, 0.15) is 29.9 Å². The Morgan fingerprint density at radius 3 is 2.57 bits per heavy atom. The molecule has 0 saturated carbocycles. The third-order valence-corrected chi connectivity index (χ3v) is 4.66. The molecule has 0 bridgehead atoms. The largest absolute Gasteiger partial charge is 0.491 e. The molecule has 1 aliphatic rings. The Balaban J connectivity index is 1.43. The number of amides is 1. The molecule has 0 unspecified atom stereocenters. The number of pyridine rings is 1. The Morgan fingerprint density at radius 1 is 1.07 bits per heavy atom. The Labute approximate surface area is 165 Å². The lowest BCUT2D eigenvalue weighted by Gasteiger charge is -2.19. The standard InChI is InChI=1S/C23H23N3O2/c1-16(2)28-20-10-7-18(8-11-20)25-23(27)21-12-9-19(15-24-21)26-14-13-17-5-3-4-6-22(17)26/h3-12,15-16H,13-14H2,1-2H3,(H,25,27). The van der Waals surface area contributed by atoms with Crippen LogP contribution in [0.4, 0.5) is 17.1 Å². The zero-order chi connectivity index (χ0) is 19.5. The summed E-state index contributed by atoms with van der Waals surface area (Å²) in [6.07, 6.45) is 2.90. The predicted molar refractivity (Wildman–Crippen MR) is 112 cm³/mol. The van der Waals surface area contributed by atoms with Gasteiger partial charge in [-0.2, -0.15) is 0 Å². The summed E-state index contributed by atoms with van der Waals surface area (Å²) in [5.41, 5.74) is 4.65. The minimum Gasteiger partial charge on any atom is -0.491 e. The first kappa shape index (κ1) is 18.0. The quantitative estimate of drug-likeness (QED) is 0.697. The van der Waals surface area contributed by atoms with Gasteiger partial charge < -0.3 is 15.0 Å². The van der Waals surface area contributed by atoms with E-state index >= 15 is 0 Å². The van der Waals surface area contributed by atoms with Gasteiger partial charge in [-0.3, -0.25) is 4.79 Å². The summed E-state index contributed by atoms with van der Waals surface area (Å²) < 4.78 is 5.62. The van der Waals surface area contributed by atoms with Crippen LogP contribution in [0, 0.1) is 0 Å². The maximum atomic E-state index is 12.5. The van der Waals surface area contributed by atoms with E-state index in [9.17, 15) is 4.79 Å². The molecule has 0 atom stereocenters. The lowest BCUT2D eigenvalue weighted by molar-refractivity contribution is 0.102. The van der Waals surface area contributed by atoms with E-state index in [-0.39, 0.29) is 12.0 Å². The number of aromatic nitrogens is 1. The molecule has 5 heteroatoms. The first-order valence-corrected chi connectivity index (χ1v) is 9.50. The third-order valence-electron chi connectivity index (χ3n) is 4.66. The molecule has 1 aliphatic heterocycles. The van der Waals surface area contributed by atoms with Gasteiger partial charge in [-0.05, 0) is 68.3 Å². The highest BCUT2D eigenvalue weighted by Crippen LogP contribution is 2.33. The summed E-state index contributed by atoms with van der Waals surface area (Å²) >= 11 is 0. The van der Waals surface area contributed by atoms with Crippen LogP contribution in [0.3, 0.4) is 0 Å². The molecule has 2 aromatic carbocycles. The van der Waals surface area contributed by atoms with Crippen LogP contribution in [0.2, 0.25) is 0 Å². The topological polar surface area (TPSA) is 54.5 Å². The van der Waals surface area contributed by atoms with Crippen molar-refractivity contribution in [3.8, 4) is 5.75 Å². The van der Waals surface area contributed by atoms with Crippen molar-refractivity contribution in [3.05, 3.63) is 78.1 Å². The minimum absolute atomic E-state index is 0.116. The van der Waals surface area contributed by atoms with E-state index in [0.717, 1.165) is 24.4 Å². The molecule has 0 saturated heterocycles. The first-order valence-electron chi connectivity index (χ1n) is 9.50. The number of anilines is 3. The fourth-order valence-electron chi connectivity index (χ4n) is 3.37. The highest BCUT2D eigenvalue weighted by atomic mass is 16.5.